The Labute approximate surface area is 152 Å². The molecule has 0 unspecified atom stereocenters. The van der Waals surface area contributed by atoms with Gasteiger partial charge in [0.2, 0.25) is 5.95 Å². The van der Waals surface area contributed by atoms with E-state index in [1.54, 1.807) is 42.4 Å². The van der Waals surface area contributed by atoms with Gasteiger partial charge in [-0.05, 0) is 44.0 Å². The van der Waals surface area contributed by atoms with Gasteiger partial charge in [0.25, 0.3) is 5.91 Å². The van der Waals surface area contributed by atoms with Crippen molar-refractivity contribution in [3.05, 3.63) is 48.3 Å². The molecule has 0 atom stereocenters. The first-order chi connectivity index (χ1) is 12.7. The van der Waals surface area contributed by atoms with Crippen LogP contribution >= 0.6 is 0 Å². The van der Waals surface area contributed by atoms with Crippen LogP contribution in [-0.4, -0.2) is 45.9 Å². The van der Waals surface area contributed by atoms with Crippen LogP contribution in [0.2, 0.25) is 0 Å². The van der Waals surface area contributed by atoms with E-state index in [2.05, 4.69) is 15.3 Å². The van der Waals surface area contributed by atoms with Crippen molar-refractivity contribution in [1.29, 1.82) is 0 Å². The number of nitrogens with one attached hydrogen (secondary N) is 1. The first-order valence-electron chi connectivity index (χ1n) is 8.78. The number of hydrogen-bond acceptors (Lipinski definition) is 6. The fraction of sp³-hybridized carbons (Fsp3) is 0.368. The minimum absolute atomic E-state index is 0.0746. The van der Waals surface area contributed by atoms with Crippen molar-refractivity contribution in [1.82, 2.24) is 14.9 Å². The van der Waals surface area contributed by atoms with Gasteiger partial charge in [-0.3, -0.25) is 9.59 Å². The van der Waals surface area contributed by atoms with Crippen LogP contribution in [0.15, 0.2) is 42.7 Å². The minimum atomic E-state index is -0.275. The van der Waals surface area contributed by atoms with E-state index in [0.29, 0.717) is 24.7 Å². The van der Waals surface area contributed by atoms with Gasteiger partial charge in [-0.1, -0.05) is 6.07 Å². The van der Waals surface area contributed by atoms with E-state index < -0.39 is 0 Å². The number of benzene rings is 1. The predicted octanol–water partition coefficient (Wildman–Crippen LogP) is 2.78. The molecule has 1 saturated carbocycles. The lowest BCUT2D eigenvalue weighted by molar-refractivity contribution is -0.143. The smallest absolute Gasteiger partial charge is 0.307 e. The van der Waals surface area contributed by atoms with Crippen LogP contribution in [0.3, 0.4) is 0 Å². The highest BCUT2D eigenvalue weighted by molar-refractivity contribution is 5.95. The molecule has 1 aromatic heterocycles. The van der Waals surface area contributed by atoms with Crippen molar-refractivity contribution in [2.45, 2.75) is 32.2 Å². The molecule has 0 aliphatic heterocycles. The van der Waals surface area contributed by atoms with Gasteiger partial charge in [-0.2, -0.15) is 0 Å². The van der Waals surface area contributed by atoms with E-state index in [1.165, 1.54) is 0 Å². The fourth-order valence-electron chi connectivity index (χ4n) is 2.67. The number of rotatable bonds is 8. The summed E-state index contributed by atoms with van der Waals surface area (Å²) in [6, 6.07) is 9.17. The molecule has 0 saturated heterocycles. The average Bonchev–Trinajstić information content (AvgIpc) is 3.48. The van der Waals surface area contributed by atoms with Gasteiger partial charge in [0.1, 0.15) is 0 Å². The molecule has 1 N–H and O–H groups in total. The Bertz CT molecular complexity index is 762. The molecule has 1 aliphatic rings. The molecule has 0 radical (unpaired) electrons. The summed E-state index contributed by atoms with van der Waals surface area (Å²) in [6.45, 7) is 2.50. The van der Waals surface area contributed by atoms with Gasteiger partial charge < -0.3 is 15.0 Å². The van der Waals surface area contributed by atoms with Gasteiger partial charge in [0, 0.05) is 36.2 Å². The first kappa shape index (κ1) is 17.8. The summed E-state index contributed by atoms with van der Waals surface area (Å²) in [6.07, 6.45) is 5.46. The fourth-order valence-corrected chi connectivity index (χ4v) is 2.67. The highest BCUT2D eigenvalue weighted by atomic mass is 16.5. The lowest BCUT2D eigenvalue weighted by Crippen LogP contribution is -2.35. The molecular weight excluding hydrogens is 332 g/mol. The quantitative estimate of drug-likeness (QED) is 0.734. The normalized spacial score (nSPS) is 13.1. The van der Waals surface area contributed by atoms with Gasteiger partial charge in [0.05, 0.1) is 13.0 Å². The molecule has 7 heteroatoms. The topological polar surface area (TPSA) is 84.4 Å². The first-order valence-corrected chi connectivity index (χ1v) is 8.78. The summed E-state index contributed by atoms with van der Waals surface area (Å²) >= 11 is 0. The third kappa shape index (κ3) is 4.78. The van der Waals surface area contributed by atoms with Gasteiger partial charge in [-0.25, -0.2) is 9.97 Å². The average molecular weight is 354 g/mol. The maximum atomic E-state index is 12.9. The summed E-state index contributed by atoms with van der Waals surface area (Å²) in [5, 5.41) is 3.08. The number of nitrogens with zero attached hydrogens (tertiary/aromatic N) is 3. The lowest BCUT2D eigenvalue weighted by atomic mass is 10.1. The van der Waals surface area contributed by atoms with Gasteiger partial charge >= 0.3 is 5.97 Å². The van der Waals surface area contributed by atoms with Crippen molar-refractivity contribution in [3.8, 4) is 0 Å². The molecule has 0 spiro atoms. The molecule has 3 rings (SSSR count). The number of carbonyl (C=O) groups is 2. The Morgan fingerprint density at radius 3 is 2.69 bits per heavy atom. The highest BCUT2D eigenvalue weighted by Crippen LogP contribution is 2.29. The Kier molecular flexibility index (Phi) is 5.78. The van der Waals surface area contributed by atoms with Crippen molar-refractivity contribution in [3.63, 3.8) is 0 Å². The van der Waals surface area contributed by atoms with Crippen LogP contribution in [0.1, 0.15) is 36.5 Å². The molecule has 136 valence electrons. The third-order valence-electron chi connectivity index (χ3n) is 4.04. The second-order valence-corrected chi connectivity index (χ2v) is 6.06. The van der Waals surface area contributed by atoms with Crippen LogP contribution in [0.5, 0.6) is 0 Å². The lowest BCUT2D eigenvalue weighted by Gasteiger charge is -2.22. The summed E-state index contributed by atoms with van der Waals surface area (Å²) in [5.41, 5.74) is 1.31. The van der Waals surface area contributed by atoms with E-state index >= 15 is 0 Å². The Morgan fingerprint density at radius 2 is 2.00 bits per heavy atom. The molecule has 2 aromatic rings. The minimum Gasteiger partial charge on any atom is -0.466 e. The number of anilines is 2. The molecule has 26 heavy (non-hydrogen) atoms. The largest absolute Gasteiger partial charge is 0.466 e. The number of aromatic nitrogens is 2. The number of hydrogen-bond donors (Lipinski definition) is 1. The molecule has 1 fully saturated rings. The highest BCUT2D eigenvalue weighted by Gasteiger charge is 2.33. The van der Waals surface area contributed by atoms with E-state index in [1.807, 2.05) is 12.1 Å². The molecular formula is C19H22N4O3. The molecule has 0 bridgehead atoms. The van der Waals surface area contributed by atoms with Crippen LogP contribution in [0.4, 0.5) is 11.6 Å². The summed E-state index contributed by atoms with van der Waals surface area (Å²) in [4.78, 5) is 34.6. The molecule has 1 amide bonds. The van der Waals surface area contributed by atoms with Gasteiger partial charge in [0.15, 0.2) is 0 Å². The third-order valence-corrected chi connectivity index (χ3v) is 4.04. The standard InChI is InChI=1S/C19H22N4O3/c1-2-26-17(24)9-12-23(16-7-8-16)18(25)14-5-3-6-15(13-14)22-19-20-10-4-11-21-19/h3-6,10-11,13,16H,2,7-9,12H2,1H3,(H,20,21,22). The summed E-state index contributed by atoms with van der Waals surface area (Å²) in [7, 11) is 0. The van der Waals surface area contributed by atoms with E-state index in [4.69, 9.17) is 4.74 Å². The Balaban J connectivity index is 1.69. The second-order valence-electron chi connectivity index (χ2n) is 6.06. The van der Waals surface area contributed by atoms with Crippen LogP contribution < -0.4 is 5.32 Å². The number of amides is 1. The number of carbonyl (C=O) groups excluding carboxylic acids is 2. The van der Waals surface area contributed by atoms with E-state index in [9.17, 15) is 9.59 Å². The number of ether oxygens (including phenoxy) is 1. The van der Waals surface area contributed by atoms with Crippen molar-refractivity contribution < 1.29 is 14.3 Å². The zero-order chi connectivity index (χ0) is 18.4. The van der Waals surface area contributed by atoms with Crippen LogP contribution in [0.25, 0.3) is 0 Å². The van der Waals surface area contributed by atoms with Crippen LogP contribution in [0, 0.1) is 0 Å². The summed E-state index contributed by atoms with van der Waals surface area (Å²) in [5.74, 6) is 0.121. The number of esters is 1. The molecule has 1 heterocycles. The predicted molar refractivity (Wildman–Crippen MR) is 97.1 cm³/mol. The maximum absolute atomic E-state index is 12.9. The van der Waals surface area contributed by atoms with Crippen LogP contribution in [-0.2, 0) is 9.53 Å². The second kappa shape index (κ2) is 8.42. The van der Waals surface area contributed by atoms with E-state index in [0.717, 1.165) is 18.5 Å². The molecule has 1 aliphatic carbocycles. The SMILES string of the molecule is CCOC(=O)CCN(C(=O)c1cccc(Nc2ncccn2)c1)C1CC1. The zero-order valence-corrected chi connectivity index (χ0v) is 14.7. The zero-order valence-electron chi connectivity index (χ0n) is 14.7. The summed E-state index contributed by atoms with van der Waals surface area (Å²) < 4.78 is 4.96. The van der Waals surface area contributed by atoms with Crippen molar-refractivity contribution >= 4 is 23.5 Å². The van der Waals surface area contributed by atoms with Crippen molar-refractivity contribution in [2.75, 3.05) is 18.5 Å². The Morgan fingerprint density at radius 1 is 1.23 bits per heavy atom. The maximum Gasteiger partial charge on any atom is 0.307 e. The molecule has 1 aromatic carbocycles. The Hall–Kier alpha value is -2.96. The van der Waals surface area contributed by atoms with Gasteiger partial charge in [-0.15, -0.1) is 0 Å². The molecule has 7 nitrogen and oxygen atoms in total. The van der Waals surface area contributed by atoms with E-state index in [-0.39, 0.29) is 24.3 Å². The van der Waals surface area contributed by atoms with Crippen molar-refractivity contribution in [2.24, 2.45) is 0 Å². The monoisotopic (exact) mass is 354 g/mol.